The zero-order valence-corrected chi connectivity index (χ0v) is 10.0. The highest BCUT2D eigenvalue weighted by molar-refractivity contribution is 5.08. The molecular formula is C12H16F3N3. The van der Waals surface area contributed by atoms with Gasteiger partial charge in [-0.2, -0.15) is 18.3 Å². The molecule has 2 aliphatic rings. The van der Waals surface area contributed by atoms with E-state index in [0.29, 0.717) is 18.2 Å². The molecule has 1 heterocycles. The van der Waals surface area contributed by atoms with Gasteiger partial charge in [0.1, 0.15) is 5.82 Å². The maximum atomic E-state index is 12.7. The Labute approximate surface area is 103 Å². The summed E-state index contributed by atoms with van der Waals surface area (Å²) >= 11 is 0. The van der Waals surface area contributed by atoms with Crippen LogP contribution >= 0.6 is 0 Å². The van der Waals surface area contributed by atoms with E-state index in [2.05, 4.69) is 15.2 Å². The summed E-state index contributed by atoms with van der Waals surface area (Å²) < 4.78 is 38.2. The van der Waals surface area contributed by atoms with Gasteiger partial charge in [0.25, 0.3) is 0 Å². The van der Waals surface area contributed by atoms with Crippen LogP contribution in [0.1, 0.15) is 62.0 Å². The van der Waals surface area contributed by atoms with Crippen molar-refractivity contribution in [2.75, 3.05) is 0 Å². The van der Waals surface area contributed by atoms with Crippen LogP contribution in [0, 0.1) is 5.92 Å². The fourth-order valence-electron chi connectivity index (χ4n) is 2.73. The van der Waals surface area contributed by atoms with E-state index >= 15 is 0 Å². The van der Waals surface area contributed by atoms with Crippen molar-refractivity contribution in [2.45, 2.75) is 56.5 Å². The summed E-state index contributed by atoms with van der Waals surface area (Å²) in [5, 5.41) is 6.99. The average Bonchev–Trinajstić information content (AvgIpc) is 3.06. The molecule has 0 radical (unpaired) electrons. The van der Waals surface area contributed by atoms with Crippen LogP contribution < -0.4 is 0 Å². The van der Waals surface area contributed by atoms with Crippen molar-refractivity contribution in [3.63, 3.8) is 0 Å². The Morgan fingerprint density at radius 3 is 2.50 bits per heavy atom. The smallest absolute Gasteiger partial charge is 0.263 e. The monoisotopic (exact) mass is 259 g/mol. The molecule has 2 aliphatic carbocycles. The number of aromatic nitrogens is 3. The first-order valence-corrected chi connectivity index (χ1v) is 6.53. The third kappa shape index (κ3) is 2.37. The van der Waals surface area contributed by atoms with Crippen molar-refractivity contribution in [2.24, 2.45) is 5.92 Å². The molecule has 2 atom stereocenters. The molecule has 1 aromatic rings. The summed E-state index contributed by atoms with van der Waals surface area (Å²) in [6, 6.07) is 0. The highest BCUT2D eigenvalue weighted by Crippen LogP contribution is 2.44. The second-order valence-electron chi connectivity index (χ2n) is 5.46. The summed E-state index contributed by atoms with van der Waals surface area (Å²) in [6.07, 6.45) is -0.0642. The lowest BCUT2D eigenvalue weighted by atomic mass is 9.80. The van der Waals surface area contributed by atoms with Gasteiger partial charge in [0, 0.05) is 11.8 Å². The second kappa shape index (κ2) is 4.24. The number of hydrogen-bond donors (Lipinski definition) is 1. The SMILES string of the molecule is FC(F)(F)C1CCCC(c2n[nH]c(C3CC3)n2)C1. The number of nitrogens with one attached hydrogen (secondary N) is 1. The van der Waals surface area contributed by atoms with Crippen LogP contribution in [-0.2, 0) is 0 Å². The number of alkyl halides is 3. The Kier molecular flexibility index (Phi) is 2.83. The molecule has 0 aliphatic heterocycles. The number of halogens is 3. The molecule has 3 rings (SSSR count). The van der Waals surface area contributed by atoms with Crippen LogP contribution in [0.4, 0.5) is 13.2 Å². The molecule has 1 N–H and O–H groups in total. The Morgan fingerprint density at radius 1 is 1.06 bits per heavy atom. The van der Waals surface area contributed by atoms with Crippen molar-refractivity contribution < 1.29 is 13.2 Å². The van der Waals surface area contributed by atoms with E-state index in [1.807, 2.05) is 0 Å². The maximum Gasteiger partial charge on any atom is 0.391 e. The quantitative estimate of drug-likeness (QED) is 0.882. The first-order valence-electron chi connectivity index (χ1n) is 6.53. The zero-order valence-electron chi connectivity index (χ0n) is 10.0. The summed E-state index contributed by atoms with van der Waals surface area (Å²) in [4.78, 5) is 4.38. The molecule has 2 fully saturated rings. The molecule has 18 heavy (non-hydrogen) atoms. The van der Waals surface area contributed by atoms with Crippen LogP contribution in [0.3, 0.4) is 0 Å². The summed E-state index contributed by atoms with van der Waals surface area (Å²) in [5.74, 6) is 0.603. The van der Waals surface area contributed by atoms with Gasteiger partial charge < -0.3 is 0 Å². The van der Waals surface area contributed by atoms with Gasteiger partial charge >= 0.3 is 6.18 Å². The molecular weight excluding hydrogens is 243 g/mol. The second-order valence-corrected chi connectivity index (χ2v) is 5.46. The highest BCUT2D eigenvalue weighted by Gasteiger charge is 2.43. The van der Waals surface area contributed by atoms with Crippen molar-refractivity contribution in [1.82, 2.24) is 15.2 Å². The Morgan fingerprint density at radius 2 is 1.83 bits per heavy atom. The third-order valence-electron chi connectivity index (χ3n) is 3.99. The fourth-order valence-corrected chi connectivity index (χ4v) is 2.73. The van der Waals surface area contributed by atoms with Gasteiger partial charge in [0.05, 0.1) is 5.92 Å². The first kappa shape index (κ1) is 12.0. The first-order chi connectivity index (χ1) is 8.54. The van der Waals surface area contributed by atoms with Gasteiger partial charge in [-0.1, -0.05) is 6.42 Å². The van der Waals surface area contributed by atoms with Crippen LogP contribution in [0.15, 0.2) is 0 Å². The molecule has 2 saturated carbocycles. The van der Waals surface area contributed by atoms with Crippen LogP contribution in [0.5, 0.6) is 0 Å². The van der Waals surface area contributed by atoms with Gasteiger partial charge in [0.15, 0.2) is 5.82 Å². The highest BCUT2D eigenvalue weighted by atomic mass is 19.4. The van der Waals surface area contributed by atoms with Crippen molar-refractivity contribution in [3.05, 3.63) is 11.6 Å². The van der Waals surface area contributed by atoms with Gasteiger partial charge in [-0.15, -0.1) is 0 Å². The van der Waals surface area contributed by atoms with E-state index in [1.165, 1.54) is 0 Å². The minimum Gasteiger partial charge on any atom is -0.263 e. The third-order valence-corrected chi connectivity index (χ3v) is 3.99. The van der Waals surface area contributed by atoms with E-state index in [1.54, 1.807) is 0 Å². The molecule has 0 bridgehead atoms. The fraction of sp³-hybridized carbons (Fsp3) is 0.833. The lowest BCUT2D eigenvalue weighted by Gasteiger charge is -2.28. The van der Waals surface area contributed by atoms with E-state index in [0.717, 1.165) is 25.1 Å². The van der Waals surface area contributed by atoms with Gasteiger partial charge in [-0.25, -0.2) is 4.98 Å². The summed E-state index contributed by atoms with van der Waals surface area (Å²) in [7, 11) is 0. The molecule has 0 spiro atoms. The van der Waals surface area contributed by atoms with E-state index < -0.39 is 12.1 Å². The van der Waals surface area contributed by atoms with Crippen LogP contribution in [0.25, 0.3) is 0 Å². The topological polar surface area (TPSA) is 41.6 Å². The van der Waals surface area contributed by atoms with Crippen LogP contribution in [-0.4, -0.2) is 21.4 Å². The lowest BCUT2D eigenvalue weighted by molar-refractivity contribution is -0.183. The van der Waals surface area contributed by atoms with Gasteiger partial charge in [-0.3, -0.25) is 5.10 Å². The molecule has 1 aromatic heterocycles. The van der Waals surface area contributed by atoms with E-state index in [-0.39, 0.29) is 18.8 Å². The Balaban J connectivity index is 1.70. The minimum atomic E-state index is -4.08. The van der Waals surface area contributed by atoms with Gasteiger partial charge in [-0.05, 0) is 32.1 Å². The number of rotatable bonds is 2. The average molecular weight is 259 g/mol. The van der Waals surface area contributed by atoms with E-state index in [4.69, 9.17) is 0 Å². The standard InChI is InChI=1S/C12H16F3N3/c13-12(14,15)9-3-1-2-8(6-9)11-16-10(17-18-11)7-4-5-7/h7-9H,1-6H2,(H,16,17,18). The maximum absolute atomic E-state index is 12.7. The van der Waals surface area contributed by atoms with Crippen molar-refractivity contribution >= 4 is 0 Å². The predicted molar refractivity (Wildman–Crippen MR) is 59.1 cm³/mol. The number of aromatic amines is 1. The molecule has 6 heteroatoms. The Bertz CT molecular complexity index is 422. The van der Waals surface area contributed by atoms with Crippen LogP contribution in [0.2, 0.25) is 0 Å². The molecule has 3 nitrogen and oxygen atoms in total. The summed E-state index contributed by atoms with van der Waals surface area (Å²) in [5.41, 5.74) is 0. The zero-order chi connectivity index (χ0) is 12.8. The van der Waals surface area contributed by atoms with Gasteiger partial charge in [0.2, 0.25) is 0 Å². The predicted octanol–water partition coefficient (Wildman–Crippen LogP) is 3.52. The number of H-pyrrole nitrogens is 1. The summed E-state index contributed by atoms with van der Waals surface area (Å²) in [6.45, 7) is 0. The van der Waals surface area contributed by atoms with Crippen molar-refractivity contribution in [3.8, 4) is 0 Å². The number of nitrogens with zero attached hydrogens (tertiary/aromatic N) is 2. The molecule has 0 aromatic carbocycles. The minimum absolute atomic E-state index is 0.130. The Hall–Kier alpha value is -1.07. The molecule has 0 saturated heterocycles. The molecule has 2 unspecified atom stereocenters. The normalized spacial score (nSPS) is 29.5. The largest absolute Gasteiger partial charge is 0.391 e. The molecule has 100 valence electrons. The van der Waals surface area contributed by atoms with E-state index in [9.17, 15) is 13.2 Å². The number of hydrogen-bond acceptors (Lipinski definition) is 2. The van der Waals surface area contributed by atoms with Crippen molar-refractivity contribution in [1.29, 1.82) is 0 Å². The lowest BCUT2D eigenvalue weighted by Crippen LogP contribution is -2.28. The molecule has 0 amide bonds.